The second-order valence-electron chi connectivity index (χ2n) is 3.07. The van der Waals surface area contributed by atoms with Crippen molar-refractivity contribution in [2.75, 3.05) is 0 Å². The Morgan fingerprint density at radius 3 is 2.50 bits per heavy atom. The van der Waals surface area contributed by atoms with Crippen LogP contribution < -0.4 is 4.74 Å². The highest BCUT2D eigenvalue weighted by molar-refractivity contribution is 6.30. The van der Waals surface area contributed by atoms with Gasteiger partial charge in [-0.3, -0.25) is 4.79 Å². The minimum Gasteiger partial charge on any atom is -0.435 e. The van der Waals surface area contributed by atoms with Crippen LogP contribution in [-0.4, -0.2) is 12.4 Å². The molecule has 0 amide bonds. The summed E-state index contributed by atoms with van der Waals surface area (Å²) in [6.07, 6.45) is 0. The van der Waals surface area contributed by atoms with Crippen LogP contribution in [0.1, 0.15) is 17.9 Å². The van der Waals surface area contributed by atoms with Gasteiger partial charge >= 0.3 is 6.61 Å². The van der Waals surface area contributed by atoms with Crippen molar-refractivity contribution < 1.29 is 22.7 Å². The predicted octanol–water partition coefficient (Wildman–Crippen LogP) is 3.30. The van der Waals surface area contributed by atoms with E-state index in [-0.39, 0.29) is 11.3 Å². The first-order valence-corrected chi connectivity index (χ1v) is 4.73. The monoisotopic (exact) mass is 252 g/mol. The third-order valence-corrected chi connectivity index (χ3v) is 2.33. The lowest BCUT2D eigenvalue weighted by Gasteiger charge is -2.09. The molecule has 0 saturated carbocycles. The lowest BCUT2D eigenvalue weighted by molar-refractivity contribution is -0.116. The topological polar surface area (TPSA) is 26.3 Å². The standard InChI is InChI=1S/C10H8ClF3O2/c1-5(15)9(11)6-2-7(12)4-8(3-6)16-10(13)14/h2-4,9-10H,1H3. The zero-order valence-electron chi connectivity index (χ0n) is 8.22. The summed E-state index contributed by atoms with van der Waals surface area (Å²) in [5, 5.41) is -1.07. The summed E-state index contributed by atoms with van der Waals surface area (Å²) in [7, 11) is 0. The molecule has 0 bridgehead atoms. The van der Waals surface area contributed by atoms with Gasteiger partial charge in [0.2, 0.25) is 0 Å². The van der Waals surface area contributed by atoms with Crippen molar-refractivity contribution in [2.45, 2.75) is 18.9 Å². The highest BCUT2D eigenvalue weighted by atomic mass is 35.5. The van der Waals surface area contributed by atoms with Crippen molar-refractivity contribution in [3.8, 4) is 5.75 Å². The van der Waals surface area contributed by atoms with Crippen LogP contribution in [0.2, 0.25) is 0 Å². The van der Waals surface area contributed by atoms with E-state index in [9.17, 15) is 18.0 Å². The molecule has 1 atom stereocenters. The Bertz CT molecular complexity index is 396. The first-order valence-electron chi connectivity index (χ1n) is 4.30. The molecule has 0 radical (unpaired) electrons. The summed E-state index contributed by atoms with van der Waals surface area (Å²) in [5.41, 5.74) is 0.0878. The van der Waals surface area contributed by atoms with Crippen LogP contribution in [0.25, 0.3) is 0 Å². The molecule has 1 aromatic carbocycles. The van der Waals surface area contributed by atoms with E-state index in [0.717, 1.165) is 18.2 Å². The number of carbonyl (C=O) groups is 1. The summed E-state index contributed by atoms with van der Waals surface area (Å²) in [5.74, 6) is -1.56. The van der Waals surface area contributed by atoms with E-state index < -0.39 is 23.6 Å². The summed E-state index contributed by atoms with van der Waals surface area (Å²) in [6, 6.07) is 2.89. The van der Waals surface area contributed by atoms with Gasteiger partial charge in [-0.15, -0.1) is 11.6 Å². The van der Waals surface area contributed by atoms with Crippen LogP contribution in [-0.2, 0) is 4.79 Å². The first kappa shape index (κ1) is 12.8. The number of halogens is 4. The highest BCUT2D eigenvalue weighted by Crippen LogP contribution is 2.27. The number of hydrogen-bond acceptors (Lipinski definition) is 2. The molecule has 0 aliphatic rings. The molecule has 2 nitrogen and oxygen atoms in total. The summed E-state index contributed by atoms with van der Waals surface area (Å²) >= 11 is 5.66. The largest absolute Gasteiger partial charge is 0.435 e. The van der Waals surface area contributed by atoms with Gasteiger partial charge in [-0.1, -0.05) is 0 Å². The van der Waals surface area contributed by atoms with Crippen molar-refractivity contribution in [3.63, 3.8) is 0 Å². The SMILES string of the molecule is CC(=O)C(Cl)c1cc(F)cc(OC(F)F)c1. The van der Waals surface area contributed by atoms with E-state index in [1.165, 1.54) is 6.92 Å². The highest BCUT2D eigenvalue weighted by Gasteiger charge is 2.16. The second kappa shape index (κ2) is 5.21. The average Bonchev–Trinajstić information content (AvgIpc) is 2.14. The van der Waals surface area contributed by atoms with Crippen LogP contribution in [0.15, 0.2) is 18.2 Å². The van der Waals surface area contributed by atoms with Crippen molar-refractivity contribution >= 4 is 17.4 Å². The Labute approximate surface area is 95.0 Å². The van der Waals surface area contributed by atoms with Crippen LogP contribution >= 0.6 is 11.6 Å². The van der Waals surface area contributed by atoms with Crippen molar-refractivity contribution in [1.82, 2.24) is 0 Å². The summed E-state index contributed by atoms with van der Waals surface area (Å²) in [4.78, 5) is 10.9. The Morgan fingerprint density at radius 1 is 1.38 bits per heavy atom. The molecule has 0 spiro atoms. The maximum atomic E-state index is 13.0. The molecule has 0 N–H and O–H groups in total. The molecule has 1 aromatic rings. The van der Waals surface area contributed by atoms with Gasteiger partial charge in [0.15, 0.2) is 5.78 Å². The first-order chi connectivity index (χ1) is 7.40. The van der Waals surface area contributed by atoms with E-state index in [2.05, 4.69) is 4.74 Å². The lowest BCUT2D eigenvalue weighted by Crippen LogP contribution is -2.05. The number of benzene rings is 1. The number of rotatable bonds is 4. The maximum absolute atomic E-state index is 13.0. The third-order valence-electron chi connectivity index (χ3n) is 1.77. The zero-order valence-corrected chi connectivity index (χ0v) is 8.97. The Morgan fingerprint density at radius 2 is 2.00 bits per heavy atom. The smallest absolute Gasteiger partial charge is 0.387 e. The van der Waals surface area contributed by atoms with Crippen molar-refractivity contribution in [2.24, 2.45) is 0 Å². The molecule has 0 aliphatic heterocycles. The van der Waals surface area contributed by atoms with Gasteiger partial charge in [-0.25, -0.2) is 4.39 Å². The van der Waals surface area contributed by atoms with Crippen LogP contribution in [0.5, 0.6) is 5.75 Å². The molecule has 0 heterocycles. The van der Waals surface area contributed by atoms with Gasteiger partial charge in [0.1, 0.15) is 16.9 Å². The van der Waals surface area contributed by atoms with E-state index >= 15 is 0 Å². The van der Waals surface area contributed by atoms with Gasteiger partial charge in [0, 0.05) is 6.07 Å². The third kappa shape index (κ3) is 3.41. The van der Waals surface area contributed by atoms with E-state index in [1.807, 2.05) is 0 Å². The van der Waals surface area contributed by atoms with Crippen LogP contribution in [0.3, 0.4) is 0 Å². The second-order valence-corrected chi connectivity index (χ2v) is 3.51. The fourth-order valence-electron chi connectivity index (χ4n) is 1.14. The molecule has 0 aliphatic carbocycles. The van der Waals surface area contributed by atoms with E-state index in [4.69, 9.17) is 11.6 Å². The zero-order chi connectivity index (χ0) is 12.3. The van der Waals surface area contributed by atoms with Gasteiger partial charge in [0.05, 0.1) is 0 Å². The summed E-state index contributed by atoms with van der Waals surface area (Å²) in [6.45, 7) is -1.84. The number of hydrogen-bond donors (Lipinski definition) is 0. The number of ketones is 1. The predicted molar refractivity (Wildman–Crippen MR) is 52.3 cm³/mol. The summed E-state index contributed by atoms with van der Waals surface area (Å²) < 4.78 is 40.8. The van der Waals surface area contributed by atoms with Crippen LogP contribution in [0.4, 0.5) is 13.2 Å². The molecule has 0 aromatic heterocycles. The number of carbonyl (C=O) groups excluding carboxylic acids is 1. The fraction of sp³-hybridized carbons (Fsp3) is 0.300. The number of Topliss-reactive ketones (excluding diaryl/α,β-unsaturated/α-hetero) is 1. The quantitative estimate of drug-likeness (QED) is 0.769. The van der Waals surface area contributed by atoms with Crippen molar-refractivity contribution in [3.05, 3.63) is 29.6 Å². The van der Waals surface area contributed by atoms with Gasteiger partial charge in [0.25, 0.3) is 0 Å². The maximum Gasteiger partial charge on any atom is 0.387 e. The molecular weight excluding hydrogens is 245 g/mol. The van der Waals surface area contributed by atoms with E-state index in [0.29, 0.717) is 0 Å². The normalized spacial score (nSPS) is 12.6. The van der Waals surface area contributed by atoms with Crippen LogP contribution in [0, 0.1) is 5.82 Å². The molecular formula is C10H8ClF3O2. The average molecular weight is 253 g/mol. The molecule has 6 heteroatoms. The number of ether oxygens (including phenoxy) is 1. The van der Waals surface area contributed by atoms with Gasteiger partial charge in [-0.05, 0) is 24.6 Å². The molecule has 16 heavy (non-hydrogen) atoms. The van der Waals surface area contributed by atoms with Crippen molar-refractivity contribution in [1.29, 1.82) is 0 Å². The molecule has 88 valence electrons. The Balaban J connectivity index is 3.02. The molecule has 0 fully saturated rings. The minimum atomic E-state index is -3.05. The molecule has 1 rings (SSSR count). The lowest BCUT2D eigenvalue weighted by atomic mass is 10.1. The Hall–Kier alpha value is -1.23. The van der Waals surface area contributed by atoms with Gasteiger partial charge < -0.3 is 4.74 Å². The molecule has 1 unspecified atom stereocenters. The van der Waals surface area contributed by atoms with E-state index in [1.54, 1.807) is 0 Å². The fourth-order valence-corrected chi connectivity index (χ4v) is 1.26. The number of alkyl halides is 3. The Kier molecular flexibility index (Phi) is 4.18. The molecule has 0 saturated heterocycles. The van der Waals surface area contributed by atoms with Gasteiger partial charge in [-0.2, -0.15) is 8.78 Å². The minimum absolute atomic E-state index is 0.0878.